The van der Waals surface area contributed by atoms with Gasteiger partial charge in [0.1, 0.15) is 5.75 Å². The monoisotopic (exact) mass is 508 g/mol. The zero-order valence-electron chi connectivity index (χ0n) is 22.1. The highest BCUT2D eigenvalue weighted by atomic mass is 16.6. The minimum atomic E-state index is -0.329. The molecule has 0 spiro atoms. The predicted octanol–water partition coefficient (Wildman–Crippen LogP) is 6.36. The molecule has 3 aromatic rings. The van der Waals surface area contributed by atoms with Crippen LogP contribution < -0.4 is 9.64 Å². The third-order valence-electron chi connectivity index (χ3n) is 7.78. The van der Waals surface area contributed by atoms with Crippen LogP contribution in [-0.4, -0.2) is 43.7 Å². The van der Waals surface area contributed by atoms with Crippen LogP contribution >= 0.6 is 0 Å². The predicted molar refractivity (Wildman–Crippen MR) is 151 cm³/mol. The summed E-state index contributed by atoms with van der Waals surface area (Å²) in [6.07, 6.45) is 5.82. The van der Waals surface area contributed by atoms with Crippen LogP contribution in [0.5, 0.6) is 5.75 Å². The Morgan fingerprint density at radius 3 is 2.47 bits per heavy atom. The van der Waals surface area contributed by atoms with Crippen molar-refractivity contribution in [2.75, 3.05) is 37.7 Å². The second kappa shape index (κ2) is 11.0. The Kier molecular flexibility index (Phi) is 7.19. The average Bonchev–Trinajstić information content (AvgIpc) is 3.87. The molecule has 196 valence electrons. The Morgan fingerprint density at radius 2 is 1.76 bits per heavy atom. The van der Waals surface area contributed by atoms with Crippen LogP contribution in [0.2, 0.25) is 0 Å². The normalized spacial score (nSPS) is 19.1. The summed E-state index contributed by atoms with van der Waals surface area (Å²) >= 11 is 0. The van der Waals surface area contributed by atoms with Crippen LogP contribution in [0.3, 0.4) is 0 Å². The maximum absolute atomic E-state index is 11.8. The fraction of sp³-hybridized carbons (Fsp3) is 0.364. The molecule has 1 saturated carbocycles. The lowest BCUT2D eigenvalue weighted by molar-refractivity contribution is -0.145. The first kappa shape index (κ1) is 24.7. The van der Waals surface area contributed by atoms with Gasteiger partial charge in [-0.15, -0.1) is 0 Å². The van der Waals surface area contributed by atoms with Gasteiger partial charge in [-0.2, -0.15) is 0 Å². The minimum absolute atomic E-state index is 0.0547. The van der Waals surface area contributed by atoms with E-state index >= 15 is 0 Å². The number of allylic oxidation sites excluding steroid dienone is 2. The first-order valence-corrected chi connectivity index (χ1v) is 13.9. The molecule has 3 aliphatic rings. The third kappa shape index (κ3) is 5.78. The molecule has 38 heavy (non-hydrogen) atoms. The maximum Gasteiger partial charge on any atom is 0.344 e. The van der Waals surface area contributed by atoms with Crippen molar-refractivity contribution in [1.29, 1.82) is 0 Å². The Balaban J connectivity index is 1.27. The number of esters is 1. The molecule has 6 rings (SSSR count). The van der Waals surface area contributed by atoms with Crippen molar-refractivity contribution in [3.8, 4) is 5.75 Å². The van der Waals surface area contributed by atoms with Gasteiger partial charge in [-0.3, -0.25) is 4.90 Å². The van der Waals surface area contributed by atoms with Gasteiger partial charge in [0.2, 0.25) is 0 Å². The molecule has 2 aliphatic carbocycles. The summed E-state index contributed by atoms with van der Waals surface area (Å²) in [5.74, 6) is 0.970. The second-order valence-electron chi connectivity index (χ2n) is 10.6. The molecule has 0 unspecified atom stereocenters. The number of hydrogen-bond donors (Lipinski definition) is 0. The summed E-state index contributed by atoms with van der Waals surface area (Å²) in [7, 11) is 0. The van der Waals surface area contributed by atoms with Gasteiger partial charge in [0.25, 0.3) is 0 Å². The Hall–Kier alpha value is -3.57. The second-order valence-corrected chi connectivity index (χ2v) is 10.6. The van der Waals surface area contributed by atoms with E-state index in [1.54, 1.807) is 0 Å². The maximum atomic E-state index is 11.8. The van der Waals surface area contributed by atoms with Crippen molar-refractivity contribution in [2.24, 2.45) is 0 Å². The third-order valence-corrected chi connectivity index (χ3v) is 7.78. The lowest BCUT2D eigenvalue weighted by atomic mass is 9.97. The highest BCUT2D eigenvalue weighted by Crippen LogP contribution is 2.47. The van der Waals surface area contributed by atoms with Crippen molar-refractivity contribution < 1.29 is 14.3 Å². The van der Waals surface area contributed by atoms with Gasteiger partial charge < -0.3 is 14.4 Å². The van der Waals surface area contributed by atoms with E-state index in [2.05, 4.69) is 82.6 Å². The minimum Gasteiger partial charge on any atom is -0.482 e. The smallest absolute Gasteiger partial charge is 0.344 e. The van der Waals surface area contributed by atoms with Crippen molar-refractivity contribution in [2.45, 2.75) is 44.7 Å². The number of piperazine rings is 1. The molecular weight excluding hydrogens is 472 g/mol. The number of nitrogens with zero attached hydrogens (tertiary/aromatic N) is 2. The van der Waals surface area contributed by atoms with Gasteiger partial charge in [-0.25, -0.2) is 4.79 Å². The Bertz CT molecular complexity index is 1300. The van der Waals surface area contributed by atoms with Gasteiger partial charge in [-0.05, 0) is 78.1 Å². The van der Waals surface area contributed by atoms with E-state index < -0.39 is 0 Å². The zero-order chi connectivity index (χ0) is 25.9. The van der Waals surface area contributed by atoms with Gasteiger partial charge in [0.05, 0.1) is 12.6 Å². The van der Waals surface area contributed by atoms with Crippen LogP contribution in [0.15, 0.2) is 78.9 Å². The van der Waals surface area contributed by atoms with Crippen molar-refractivity contribution in [3.63, 3.8) is 0 Å². The van der Waals surface area contributed by atoms with E-state index in [0.717, 1.165) is 38.3 Å². The molecule has 0 amide bonds. The molecule has 0 aromatic heterocycles. The van der Waals surface area contributed by atoms with Crippen LogP contribution in [0, 0.1) is 0 Å². The molecule has 0 N–H and O–H groups in total. The van der Waals surface area contributed by atoms with Crippen molar-refractivity contribution >= 4 is 17.2 Å². The summed E-state index contributed by atoms with van der Waals surface area (Å²) in [6.45, 7) is 6.04. The SMILES string of the molecule is CCOC(=O)COc1ccc(N2CCN(Cc3ccccc3)C[C@H]2c2ccc(C3=CC3)cc2)c(C2CC2)c1. The summed E-state index contributed by atoms with van der Waals surface area (Å²) in [5.41, 5.74) is 8.16. The fourth-order valence-electron chi connectivity index (χ4n) is 5.55. The van der Waals surface area contributed by atoms with Crippen LogP contribution in [-0.2, 0) is 16.1 Å². The van der Waals surface area contributed by atoms with Gasteiger partial charge in [0.15, 0.2) is 6.61 Å². The summed E-state index contributed by atoms with van der Waals surface area (Å²) < 4.78 is 10.8. The molecule has 2 fully saturated rings. The first-order chi connectivity index (χ1) is 18.7. The average molecular weight is 509 g/mol. The number of anilines is 1. The largest absolute Gasteiger partial charge is 0.482 e. The molecule has 3 aromatic carbocycles. The van der Waals surface area contributed by atoms with E-state index in [1.165, 1.54) is 46.4 Å². The lowest BCUT2D eigenvalue weighted by Gasteiger charge is -2.44. The standard InChI is InChI=1S/C33H36N2O3/c1-2-37-33(36)23-38-29-16-17-31(30(20-29)27-12-13-27)35-19-18-34(21-24-6-4-3-5-7-24)22-32(35)28-14-10-26(11-15-28)25-8-9-25/h3-8,10-11,14-17,20,27,32H,2,9,12-13,18-19,21-23H2,1H3/t32-/m0/s1. The molecule has 1 aliphatic heterocycles. The Labute approximate surface area is 225 Å². The topological polar surface area (TPSA) is 42.0 Å². The summed E-state index contributed by atoms with van der Waals surface area (Å²) in [5, 5.41) is 0. The van der Waals surface area contributed by atoms with Gasteiger partial charge >= 0.3 is 5.97 Å². The summed E-state index contributed by atoms with van der Waals surface area (Å²) in [4.78, 5) is 17.0. The number of ether oxygens (including phenoxy) is 2. The number of rotatable bonds is 10. The first-order valence-electron chi connectivity index (χ1n) is 13.9. The van der Waals surface area contributed by atoms with E-state index in [4.69, 9.17) is 9.47 Å². The van der Waals surface area contributed by atoms with E-state index in [1.807, 2.05) is 13.0 Å². The molecule has 5 heteroatoms. The van der Waals surface area contributed by atoms with Crippen LogP contribution in [0.4, 0.5) is 5.69 Å². The molecule has 1 heterocycles. The summed E-state index contributed by atoms with van der Waals surface area (Å²) in [6, 6.07) is 26.6. The molecular formula is C33H36N2O3. The van der Waals surface area contributed by atoms with Gasteiger partial charge in [0, 0.05) is 31.9 Å². The quantitative estimate of drug-likeness (QED) is 0.298. The number of carbonyl (C=O) groups is 1. The lowest BCUT2D eigenvalue weighted by Crippen LogP contribution is -2.48. The van der Waals surface area contributed by atoms with Crippen LogP contribution in [0.1, 0.15) is 60.4 Å². The van der Waals surface area contributed by atoms with E-state index in [9.17, 15) is 4.79 Å². The van der Waals surface area contributed by atoms with Crippen molar-refractivity contribution in [3.05, 3.63) is 101 Å². The molecule has 1 saturated heterocycles. The number of hydrogen-bond acceptors (Lipinski definition) is 5. The van der Waals surface area contributed by atoms with E-state index in [-0.39, 0.29) is 18.6 Å². The van der Waals surface area contributed by atoms with E-state index in [0.29, 0.717) is 12.5 Å². The zero-order valence-corrected chi connectivity index (χ0v) is 22.1. The number of carbonyl (C=O) groups excluding carboxylic acids is 1. The molecule has 5 nitrogen and oxygen atoms in total. The molecule has 1 atom stereocenters. The van der Waals surface area contributed by atoms with Crippen LogP contribution in [0.25, 0.3) is 5.57 Å². The molecule has 0 radical (unpaired) electrons. The van der Waals surface area contributed by atoms with Gasteiger partial charge in [-0.1, -0.05) is 60.7 Å². The number of benzene rings is 3. The highest BCUT2D eigenvalue weighted by molar-refractivity contribution is 5.77. The fourth-order valence-corrected chi connectivity index (χ4v) is 5.55. The van der Waals surface area contributed by atoms with Crippen molar-refractivity contribution in [1.82, 2.24) is 4.90 Å². The molecule has 0 bridgehead atoms. The highest BCUT2D eigenvalue weighted by Gasteiger charge is 2.34. The Morgan fingerprint density at radius 1 is 0.974 bits per heavy atom.